The summed E-state index contributed by atoms with van der Waals surface area (Å²) < 4.78 is 70.4. The van der Waals surface area contributed by atoms with Crippen molar-refractivity contribution in [2.24, 2.45) is 7.05 Å². The molecule has 0 spiro atoms. The standard InChI is InChI=1S/C20H16F5N3/c1-3-20(24,25)19-10-18(28(2)27-19)12-7-8-17(16(23)9-12)26-11-13-14(21)5-4-6-15(13)22/h3-10,26H,1,11H2,2H3. The number of halogens is 5. The molecule has 0 aliphatic carbocycles. The highest BCUT2D eigenvalue weighted by atomic mass is 19.3. The summed E-state index contributed by atoms with van der Waals surface area (Å²) in [7, 11) is 1.46. The predicted octanol–water partition coefficient (Wildman–Crippen LogP) is 5.39. The minimum Gasteiger partial charge on any atom is -0.378 e. The van der Waals surface area contributed by atoms with E-state index < -0.39 is 29.1 Å². The van der Waals surface area contributed by atoms with Crippen molar-refractivity contribution in [2.75, 3.05) is 5.32 Å². The second kappa shape index (κ2) is 7.46. The predicted molar refractivity (Wildman–Crippen MR) is 96.4 cm³/mol. The summed E-state index contributed by atoms with van der Waals surface area (Å²) in [5.41, 5.74) is -0.0971. The average Bonchev–Trinajstić information content (AvgIpc) is 3.05. The highest BCUT2D eigenvalue weighted by molar-refractivity contribution is 5.64. The van der Waals surface area contributed by atoms with E-state index in [-0.39, 0.29) is 23.5 Å². The van der Waals surface area contributed by atoms with Crippen molar-refractivity contribution in [3.05, 3.63) is 83.8 Å². The molecule has 0 aliphatic rings. The molecule has 146 valence electrons. The van der Waals surface area contributed by atoms with Crippen LogP contribution < -0.4 is 5.32 Å². The lowest BCUT2D eigenvalue weighted by Gasteiger charge is -2.11. The van der Waals surface area contributed by atoms with E-state index in [1.807, 2.05) is 0 Å². The van der Waals surface area contributed by atoms with Crippen LogP contribution >= 0.6 is 0 Å². The molecule has 0 bridgehead atoms. The summed E-state index contributed by atoms with van der Waals surface area (Å²) in [5.74, 6) is -5.49. The van der Waals surface area contributed by atoms with Crippen LogP contribution in [0.3, 0.4) is 0 Å². The molecule has 0 radical (unpaired) electrons. The monoisotopic (exact) mass is 393 g/mol. The van der Waals surface area contributed by atoms with Crippen LogP contribution in [0.25, 0.3) is 11.3 Å². The summed E-state index contributed by atoms with van der Waals surface area (Å²) in [5, 5.41) is 6.38. The second-order valence-electron chi connectivity index (χ2n) is 6.11. The summed E-state index contributed by atoms with van der Waals surface area (Å²) in [6.07, 6.45) is 0.481. The Kier molecular flexibility index (Phi) is 5.22. The van der Waals surface area contributed by atoms with Gasteiger partial charge in [-0.15, -0.1) is 0 Å². The van der Waals surface area contributed by atoms with Gasteiger partial charge in [0.1, 0.15) is 23.1 Å². The summed E-state index contributed by atoms with van der Waals surface area (Å²) >= 11 is 0. The Labute approximate surface area is 158 Å². The summed E-state index contributed by atoms with van der Waals surface area (Å²) in [6, 6.07) is 8.60. The van der Waals surface area contributed by atoms with Gasteiger partial charge >= 0.3 is 5.92 Å². The first-order valence-electron chi connectivity index (χ1n) is 8.25. The normalized spacial score (nSPS) is 11.5. The number of alkyl halides is 2. The van der Waals surface area contributed by atoms with Gasteiger partial charge in [-0.05, 0) is 36.4 Å². The molecular weight excluding hydrogens is 377 g/mol. The summed E-state index contributed by atoms with van der Waals surface area (Å²) in [6.45, 7) is 2.83. The Hall–Kier alpha value is -3.16. The number of benzene rings is 2. The van der Waals surface area contributed by atoms with Gasteiger partial charge in [0.25, 0.3) is 0 Å². The van der Waals surface area contributed by atoms with Crippen LogP contribution in [0.5, 0.6) is 0 Å². The van der Waals surface area contributed by atoms with Gasteiger partial charge in [0.15, 0.2) is 0 Å². The lowest BCUT2D eigenvalue weighted by molar-refractivity contribution is 0.0470. The van der Waals surface area contributed by atoms with Crippen molar-refractivity contribution >= 4 is 5.69 Å². The third kappa shape index (κ3) is 3.76. The van der Waals surface area contributed by atoms with E-state index in [9.17, 15) is 22.0 Å². The van der Waals surface area contributed by atoms with E-state index in [4.69, 9.17) is 0 Å². The van der Waals surface area contributed by atoms with Gasteiger partial charge in [-0.3, -0.25) is 4.68 Å². The molecule has 0 fully saturated rings. The number of hydrogen-bond acceptors (Lipinski definition) is 2. The largest absolute Gasteiger partial charge is 0.378 e. The number of anilines is 1. The van der Waals surface area contributed by atoms with Crippen LogP contribution in [0.2, 0.25) is 0 Å². The highest BCUT2D eigenvalue weighted by Crippen LogP contribution is 2.32. The van der Waals surface area contributed by atoms with Gasteiger partial charge in [-0.25, -0.2) is 13.2 Å². The van der Waals surface area contributed by atoms with Crippen LogP contribution in [0.15, 0.2) is 55.1 Å². The molecule has 1 aromatic heterocycles. The number of rotatable bonds is 6. The SMILES string of the molecule is C=CC(F)(F)c1cc(-c2ccc(NCc3c(F)cccc3F)c(F)c2)n(C)n1. The summed E-state index contributed by atoms with van der Waals surface area (Å²) in [4.78, 5) is 0. The lowest BCUT2D eigenvalue weighted by Crippen LogP contribution is -2.10. The first-order valence-corrected chi connectivity index (χ1v) is 8.25. The fourth-order valence-corrected chi connectivity index (χ4v) is 2.71. The molecule has 28 heavy (non-hydrogen) atoms. The zero-order chi connectivity index (χ0) is 20.5. The van der Waals surface area contributed by atoms with E-state index in [0.717, 1.165) is 24.3 Å². The zero-order valence-electron chi connectivity index (χ0n) is 14.8. The molecule has 0 amide bonds. The number of aromatic nitrogens is 2. The number of nitrogens with zero attached hydrogens (tertiary/aromatic N) is 2. The van der Waals surface area contributed by atoms with Crippen LogP contribution in [-0.4, -0.2) is 9.78 Å². The van der Waals surface area contributed by atoms with E-state index in [1.54, 1.807) is 0 Å². The van der Waals surface area contributed by atoms with Crippen LogP contribution in [0.4, 0.5) is 27.6 Å². The quantitative estimate of drug-likeness (QED) is 0.449. The maximum Gasteiger partial charge on any atom is 0.309 e. The number of hydrogen-bond donors (Lipinski definition) is 1. The Morgan fingerprint density at radius 1 is 1.07 bits per heavy atom. The smallest absolute Gasteiger partial charge is 0.309 e. The minimum absolute atomic E-state index is 0.0187. The molecular formula is C20H16F5N3. The van der Waals surface area contributed by atoms with Gasteiger partial charge in [0.2, 0.25) is 0 Å². The Bertz CT molecular complexity index is 1010. The molecule has 3 rings (SSSR count). The van der Waals surface area contributed by atoms with Crippen molar-refractivity contribution in [3.63, 3.8) is 0 Å². The Morgan fingerprint density at radius 3 is 2.36 bits per heavy atom. The lowest BCUT2D eigenvalue weighted by atomic mass is 10.1. The van der Waals surface area contributed by atoms with E-state index in [2.05, 4.69) is 17.0 Å². The molecule has 0 saturated carbocycles. The molecule has 0 saturated heterocycles. The van der Waals surface area contributed by atoms with E-state index >= 15 is 0 Å². The topological polar surface area (TPSA) is 29.9 Å². The Morgan fingerprint density at radius 2 is 1.75 bits per heavy atom. The van der Waals surface area contributed by atoms with Crippen molar-refractivity contribution in [3.8, 4) is 11.3 Å². The van der Waals surface area contributed by atoms with Crippen molar-refractivity contribution in [1.29, 1.82) is 0 Å². The van der Waals surface area contributed by atoms with Gasteiger partial charge < -0.3 is 5.32 Å². The Balaban J connectivity index is 1.84. The molecule has 1 heterocycles. The first-order chi connectivity index (χ1) is 13.2. The first kappa shape index (κ1) is 19.6. The minimum atomic E-state index is -3.31. The fourth-order valence-electron chi connectivity index (χ4n) is 2.71. The van der Waals surface area contributed by atoms with Gasteiger partial charge in [-0.1, -0.05) is 18.7 Å². The number of allylic oxidation sites excluding steroid dienone is 1. The van der Waals surface area contributed by atoms with E-state index in [0.29, 0.717) is 11.6 Å². The van der Waals surface area contributed by atoms with Gasteiger partial charge in [0, 0.05) is 24.7 Å². The van der Waals surface area contributed by atoms with Crippen molar-refractivity contribution in [1.82, 2.24) is 9.78 Å². The fraction of sp³-hybridized carbons (Fsp3) is 0.150. The zero-order valence-corrected chi connectivity index (χ0v) is 14.8. The third-order valence-electron chi connectivity index (χ3n) is 4.26. The van der Waals surface area contributed by atoms with Crippen molar-refractivity contribution in [2.45, 2.75) is 12.5 Å². The average molecular weight is 393 g/mol. The maximum atomic E-state index is 14.4. The molecule has 3 aromatic rings. The van der Waals surface area contributed by atoms with Crippen LogP contribution in [0, 0.1) is 17.5 Å². The number of aryl methyl sites for hydroxylation is 1. The van der Waals surface area contributed by atoms with Gasteiger partial charge in [-0.2, -0.15) is 13.9 Å². The van der Waals surface area contributed by atoms with E-state index in [1.165, 1.54) is 29.9 Å². The number of nitrogens with one attached hydrogen (secondary N) is 1. The van der Waals surface area contributed by atoms with Crippen LogP contribution in [-0.2, 0) is 19.5 Å². The third-order valence-corrected chi connectivity index (χ3v) is 4.26. The second-order valence-corrected chi connectivity index (χ2v) is 6.11. The van der Waals surface area contributed by atoms with Gasteiger partial charge in [0.05, 0.1) is 11.4 Å². The molecule has 0 unspecified atom stereocenters. The molecule has 1 N–H and O–H groups in total. The maximum absolute atomic E-state index is 14.4. The molecule has 3 nitrogen and oxygen atoms in total. The highest BCUT2D eigenvalue weighted by Gasteiger charge is 2.31. The molecule has 0 atom stereocenters. The molecule has 0 aliphatic heterocycles. The molecule has 8 heteroatoms. The van der Waals surface area contributed by atoms with Crippen LogP contribution in [0.1, 0.15) is 11.3 Å². The van der Waals surface area contributed by atoms with Crippen molar-refractivity contribution < 1.29 is 22.0 Å². The molecule has 2 aromatic carbocycles.